The number of carbonyl (C=O) groups excluding carboxylic acids is 3. The van der Waals surface area contributed by atoms with Crippen molar-refractivity contribution in [1.29, 1.82) is 0 Å². The SMILES string of the molecule is C=C(CN(C)C)C(=O)Nc1cccc([C@H]2c3c(C)nn(-c4ccccc4)c3N(CC)C(=O)[C@@H]2NC(=O)c2cccc(C(F)(F)F)c2)c1. The summed E-state index contributed by atoms with van der Waals surface area (Å²) in [5, 5.41) is 10.4. The Kier molecular flexibility index (Phi) is 9.34. The molecule has 244 valence electrons. The summed E-state index contributed by atoms with van der Waals surface area (Å²) in [6.07, 6.45) is -4.65. The molecular weight excluding hydrogens is 609 g/mol. The number of para-hydroxylation sites is 1. The number of hydrogen-bond acceptors (Lipinski definition) is 5. The Morgan fingerprint density at radius 3 is 2.36 bits per heavy atom. The van der Waals surface area contributed by atoms with E-state index in [1.54, 1.807) is 42.8 Å². The first-order valence-corrected chi connectivity index (χ1v) is 15.0. The number of nitrogens with zero attached hydrogens (tertiary/aromatic N) is 4. The van der Waals surface area contributed by atoms with Gasteiger partial charge in [-0.15, -0.1) is 0 Å². The van der Waals surface area contributed by atoms with E-state index < -0.39 is 35.5 Å². The third-order valence-electron chi connectivity index (χ3n) is 7.90. The second-order valence-electron chi connectivity index (χ2n) is 11.6. The highest BCUT2D eigenvalue weighted by Crippen LogP contribution is 2.44. The Bertz CT molecular complexity index is 1830. The summed E-state index contributed by atoms with van der Waals surface area (Å²) in [5.41, 5.74) is 2.11. The first kappa shape index (κ1) is 33.1. The highest BCUT2D eigenvalue weighted by atomic mass is 19.4. The lowest BCUT2D eigenvalue weighted by molar-refractivity contribution is -0.137. The zero-order chi connectivity index (χ0) is 34.0. The highest BCUT2D eigenvalue weighted by Gasteiger charge is 2.45. The number of aryl methyl sites for hydroxylation is 1. The number of carbonyl (C=O) groups is 3. The van der Waals surface area contributed by atoms with Crippen LogP contribution in [0.2, 0.25) is 0 Å². The molecule has 2 N–H and O–H groups in total. The van der Waals surface area contributed by atoms with E-state index >= 15 is 0 Å². The number of likely N-dealkylation sites (N-methyl/N-ethyl adjacent to an activating group) is 2. The molecule has 3 aromatic carbocycles. The van der Waals surface area contributed by atoms with Crippen LogP contribution < -0.4 is 15.5 Å². The van der Waals surface area contributed by atoms with E-state index in [2.05, 4.69) is 17.2 Å². The van der Waals surface area contributed by atoms with Crippen molar-refractivity contribution >= 4 is 29.2 Å². The zero-order valence-corrected chi connectivity index (χ0v) is 26.4. The molecule has 0 bridgehead atoms. The minimum Gasteiger partial charge on any atom is -0.339 e. The first-order chi connectivity index (χ1) is 22.3. The maximum Gasteiger partial charge on any atom is 0.416 e. The van der Waals surface area contributed by atoms with Gasteiger partial charge < -0.3 is 15.5 Å². The van der Waals surface area contributed by atoms with Gasteiger partial charge in [-0.1, -0.05) is 43.0 Å². The van der Waals surface area contributed by atoms with Crippen LogP contribution >= 0.6 is 0 Å². The topological polar surface area (TPSA) is 99.6 Å². The summed E-state index contributed by atoms with van der Waals surface area (Å²) >= 11 is 0. The van der Waals surface area contributed by atoms with Gasteiger partial charge >= 0.3 is 6.18 Å². The van der Waals surface area contributed by atoms with Crippen molar-refractivity contribution in [2.24, 2.45) is 0 Å². The maximum atomic E-state index is 14.3. The van der Waals surface area contributed by atoms with Gasteiger partial charge in [0, 0.05) is 41.4 Å². The Labute approximate surface area is 270 Å². The summed E-state index contributed by atoms with van der Waals surface area (Å²) in [6.45, 7) is 8.04. The van der Waals surface area contributed by atoms with Crippen LogP contribution in [0.4, 0.5) is 24.7 Å². The van der Waals surface area contributed by atoms with Crippen LogP contribution in [0.3, 0.4) is 0 Å². The van der Waals surface area contributed by atoms with E-state index in [0.29, 0.717) is 46.1 Å². The fourth-order valence-corrected chi connectivity index (χ4v) is 5.84. The van der Waals surface area contributed by atoms with Crippen molar-refractivity contribution in [2.45, 2.75) is 32.0 Å². The third kappa shape index (κ3) is 6.82. The Morgan fingerprint density at radius 1 is 1.00 bits per heavy atom. The van der Waals surface area contributed by atoms with Crippen molar-refractivity contribution in [3.05, 3.63) is 119 Å². The molecule has 5 rings (SSSR count). The molecule has 1 aromatic heterocycles. The molecule has 0 fully saturated rings. The van der Waals surface area contributed by atoms with Crippen LogP contribution in [0.15, 0.2) is 91.0 Å². The highest BCUT2D eigenvalue weighted by molar-refractivity contribution is 6.06. The lowest BCUT2D eigenvalue weighted by Crippen LogP contribution is -2.55. The average Bonchev–Trinajstić information content (AvgIpc) is 3.37. The molecule has 2 atom stereocenters. The third-order valence-corrected chi connectivity index (χ3v) is 7.90. The van der Waals surface area contributed by atoms with Crippen molar-refractivity contribution in [2.75, 3.05) is 37.4 Å². The van der Waals surface area contributed by atoms with E-state index in [4.69, 9.17) is 5.10 Å². The van der Waals surface area contributed by atoms with Crippen LogP contribution in [0, 0.1) is 6.92 Å². The second kappa shape index (κ2) is 13.2. The van der Waals surface area contributed by atoms with Gasteiger partial charge in [0.1, 0.15) is 11.9 Å². The number of fused-ring (bicyclic) bond motifs is 1. The predicted molar refractivity (Wildman–Crippen MR) is 174 cm³/mol. The number of aromatic nitrogens is 2. The molecule has 4 aromatic rings. The fourth-order valence-electron chi connectivity index (χ4n) is 5.84. The van der Waals surface area contributed by atoms with Gasteiger partial charge in [0.05, 0.1) is 16.9 Å². The van der Waals surface area contributed by atoms with E-state index in [0.717, 1.165) is 18.2 Å². The normalized spacial score (nSPS) is 16.2. The van der Waals surface area contributed by atoms with Gasteiger partial charge in [-0.05, 0) is 76.0 Å². The molecule has 12 heteroatoms. The molecule has 0 unspecified atom stereocenters. The van der Waals surface area contributed by atoms with Crippen LogP contribution in [0.1, 0.15) is 45.6 Å². The molecule has 2 heterocycles. The molecule has 1 aliphatic heterocycles. The number of benzene rings is 3. The Hall–Kier alpha value is -5.23. The number of amides is 3. The van der Waals surface area contributed by atoms with E-state index in [-0.39, 0.29) is 18.0 Å². The van der Waals surface area contributed by atoms with Crippen LogP contribution in [-0.4, -0.2) is 65.6 Å². The number of alkyl halides is 3. The van der Waals surface area contributed by atoms with Gasteiger partial charge in [0.2, 0.25) is 0 Å². The second-order valence-corrected chi connectivity index (χ2v) is 11.6. The number of anilines is 2. The van der Waals surface area contributed by atoms with Crippen LogP contribution in [-0.2, 0) is 15.8 Å². The number of nitrogens with one attached hydrogen (secondary N) is 2. The maximum absolute atomic E-state index is 14.3. The lowest BCUT2D eigenvalue weighted by Gasteiger charge is -2.38. The van der Waals surface area contributed by atoms with Crippen molar-refractivity contribution in [1.82, 2.24) is 20.0 Å². The van der Waals surface area contributed by atoms with Crippen LogP contribution in [0.25, 0.3) is 5.69 Å². The van der Waals surface area contributed by atoms with E-state index in [1.807, 2.05) is 49.3 Å². The lowest BCUT2D eigenvalue weighted by atomic mass is 9.81. The van der Waals surface area contributed by atoms with Crippen molar-refractivity contribution in [3.8, 4) is 5.69 Å². The number of rotatable bonds is 9. The standard InChI is InChI=1S/C35H35F3N6O3/c1-6-43-33-28(22(3)41-44(33)27-16-8-7-9-17-27)29(23-12-11-15-26(19-23)39-31(45)21(2)20-42(4)5)30(34(43)47)40-32(46)24-13-10-14-25(18-24)35(36,37)38/h7-19,29-30H,2,6,20H2,1,3-5H3,(H,39,45)(H,40,46)/t29-,30+/m0/s1. The first-order valence-electron chi connectivity index (χ1n) is 15.0. The largest absolute Gasteiger partial charge is 0.416 e. The smallest absolute Gasteiger partial charge is 0.339 e. The molecule has 0 radical (unpaired) electrons. The van der Waals surface area contributed by atoms with Gasteiger partial charge in [-0.2, -0.15) is 18.3 Å². The average molecular weight is 645 g/mol. The molecule has 47 heavy (non-hydrogen) atoms. The molecule has 0 saturated heterocycles. The van der Waals surface area contributed by atoms with Crippen molar-refractivity contribution < 1.29 is 27.6 Å². The number of halogens is 3. The summed E-state index contributed by atoms with van der Waals surface area (Å²) < 4.78 is 42.1. The zero-order valence-electron chi connectivity index (χ0n) is 26.4. The van der Waals surface area contributed by atoms with Gasteiger partial charge in [0.15, 0.2) is 0 Å². The molecule has 0 saturated carbocycles. The van der Waals surface area contributed by atoms with E-state index in [1.165, 1.54) is 11.0 Å². The molecule has 3 amide bonds. The summed E-state index contributed by atoms with van der Waals surface area (Å²) in [5.74, 6) is -1.97. The minimum atomic E-state index is -4.65. The molecule has 0 spiro atoms. The minimum absolute atomic E-state index is 0.233. The summed E-state index contributed by atoms with van der Waals surface area (Å²) in [7, 11) is 3.64. The molecule has 1 aliphatic rings. The number of hydrogen-bond donors (Lipinski definition) is 2. The van der Waals surface area contributed by atoms with Gasteiger partial charge in [-0.25, -0.2) is 4.68 Å². The van der Waals surface area contributed by atoms with Gasteiger partial charge in [-0.3, -0.25) is 19.3 Å². The predicted octanol–water partition coefficient (Wildman–Crippen LogP) is 5.55. The van der Waals surface area contributed by atoms with E-state index in [9.17, 15) is 27.6 Å². The van der Waals surface area contributed by atoms with Gasteiger partial charge in [0.25, 0.3) is 17.7 Å². The fraction of sp³-hybridized carbons (Fsp3) is 0.257. The van der Waals surface area contributed by atoms with Crippen LogP contribution in [0.5, 0.6) is 0 Å². The summed E-state index contributed by atoms with van der Waals surface area (Å²) in [4.78, 5) is 44.2. The summed E-state index contributed by atoms with van der Waals surface area (Å²) in [6, 6.07) is 19.0. The Morgan fingerprint density at radius 2 is 1.70 bits per heavy atom. The molecular formula is C35H35F3N6O3. The monoisotopic (exact) mass is 644 g/mol. The molecule has 9 nitrogen and oxygen atoms in total. The Balaban J connectivity index is 1.63. The quantitative estimate of drug-likeness (QED) is 0.233. The molecule has 0 aliphatic carbocycles. The van der Waals surface area contributed by atoms with Crippen molar-refractivity contribution in [3.63, 3.8) is 0 Å².